The van der Waals surface area contributed by atoms with Crippen molar-refractivity contribution in [3.63, 3.8) is 0 Å². The Morgan fingerprint density at radius 1 is 1.21 bits per heavy atom. The zero-order chi connectivity index (χ0) is 13.6. The number of hydrogen-bond donors (Lipinski definition) is 1. The first-order valence-electron chi connectivity index (χ1n) is 7.25. The monoisotopic (exact) mass is 262 g/mol. The van der Waals surface area contributed by atoms with Gasteiger partial charge in [0.05, 0.1) is 6.61 Å². The van der Waals surface area contributed by atoms with Crippen LogP contribution >= 0.6 is 0 Å². The van der Waals surface area contributed by atoms with Crippen LogP contribution in [-0.4, -0.2) is 51.3 Å². The van der Waals surface area contributed by atoms with Crippen molar-refractivity contribution in [3.05, 3.63) is 35.9 Å². The molecule has 0 amide bonds. The molecule has 0 saturated carbocycles. The molecule has 0 aromatic heterocycles. The molecule has 0 bridgehead atoms. The summed E-state index contributed by atoms with van der Waals surface area (Å²) < 4.78 is 5.55. The zero-order valence-corrected chi connectivity index (χ0v) is 12.2. The molecule has 1 aromatic rings. The summed E-state index contributed by atoms with van der Waals surface area (Å²) in [5, 5.41) is 3.35. The van der Waals surface area contributed by atoms with Gasteiger partial charge in [0.1, 0.15) is 0 Å². The maximum atomic E-state index is 5.55. The summed E-state index contributed by atoms with van der Waals surface area (Å²) in [5.74, 6) is 0. The molecule has 2 rings (SSSR count). The molecule has 3 nitrogen and oxygen atoms in total. The van der Waals surface area contributed by atoms with E-state index in [1.54, 1.807) is 0 Å². The fraction of sp³-hybridized carbons (Fsp3) is 0.625. The summed E-state index contributed by atoms with van der Waals surface area (Å²) in [4.78, 5) is 2.54. The minimum Gasteiger partial charge on any atom is -0.380 e. The van der Waals surface area contributed by atoms with Gasteiger partial charge in [0.15, 0.2) is 0 Å². The molecular formula is C16H26N2O. The molecule has 0 radical (unpaired) electrons. The minimum absolute atomic E-state index is 0.153. The number of nitrogens with zero attached hydrogens (tertiary/aromatic N) is 1. The summed E-state index contributed by atoms with van der Waals surface area (Å²) in [6.07, 6.45) is 1.14. The van der Waals surface area contributed by atoms with E-state index in [2.05, 4.69) is 47.5 Å². The molecule has 1 atom stereocenters. The Hall–Kier alpha value is -0.900. The Bertz CT molecular complexity index is 360. The van der Waals surface area contributed by atoms with Gasteiger partial charge in [-0.25, -0.2) is 0 Å². The Morgan fingerprint density at radius 3 is 2.74 bits per heavy atom. The van der Waals surface area contributed by atoms with Crippen LogP contribution in [0.5, 0.6) is 0 Å². The number of hydrogen-bond acceptors (Lipinski definition) is 3. The van der Waals surface area contributed by atoms with E-state index >= 15 is 0 Å². The number of nitrogens with one attached hydrogen (secondary N) is 1. The van der Waals surface area contributed by atoms with Crippen molar-refractivity contribution in [1.82, 2.24) is 10.2 Å². The van der Waals surface area contributed by atoms with Crippen molar-refractivity contribution in [2.45, 2.75) is 18.8 Å². The van der Waals surface area contributed by atoms with E-state index in [0.717, 1.165) is 45.8 Å². The molecule has 1 unspecified atom stereocenters. The zero-order valence-electron chi connectivity index (χ0n) is 12.2. The average Bonchev–Trinajstić information content (AvgIpc) is 2.68. The van der Waals surface area contributed by atoms with Crippen LogP contribution in [0, 0.1) is 0 Å². The molecule has 1 heterocycles. The van der Waals surface area contributed by atoms with E-state index in [1.807, 2.05) is 7.05 Å². The first-order chi connectivity index (χ1) is 9.24. The van der Waals surface area contributed by atoms with Crippen LogP contribution in [0.25, 0.3) is 0 Å². The standard InChI is InChI=1S/C16H26N2O/c1-16(13-17-2,15-7-4-3-5-8-15)14-18-9-6-11-19-12-10-18/h3-5,7-8,17H,6,9-14H2,1-2H3. The molecular weight excluding hydrogens is 236 g/mol. The van der Waals surface area contributed by atoms with E-state index in [0.29, 0.717) is 0 Å². The Kier molecular flexibility index (Phi) is 5.37. The first kappa shape index (κ1) is 14.5. The number of ether oxygens (including phenoxy) is 1. The topological polar surface area (TPSA) is 24.5 Å². The quantitative estimate of drug-likeness (QED) is 0.877. The SMILES string of the molecule is CNCC(C)(CN1CCCOCC1)c1ccccc1. The minimum atomic E-state index is 0.153. The summed E-state index contributed by atoms with van der Waals surface area (Å²) in [6, 6.07) is 10.8. The van der Waals surface area contributed by atoms with Crippen LogP contribution in [-0.2, 0) is 10.2 Å². The molecule has 0 aliphatic carbocycles. The average molecular weight is 262 g/mol. The van der Waals surface area contributed by atoms with Gasteiger partial charge in [-0.05, 0) is 19.0 Å². The Morgan fingerprint density at radius 2 is 2.00 bits per heavy atom. The maximum Gasteiger partial charge on any atom is 0.0593 e. The lowest BCUT2D eigenvalue weighted by Gasteiger charge is -2.35. The third-order valence-corrected chi connectivity index (χ3v) is 3.93. The molecule has 1 saturated heterocycles. The molecule has 1 fully saturated rings. The van der Waals surface area contributed by atoms with Crippen molar-refractivity contribution in [2.75, 3.05) is 46.4 Å². The van der Waals surface area contributed by atoms with Gasteiger partial charge in [-0.1, -0.05) is 37.3 Å². The number of benzene rings is 1. The van der Waals surface area contributed by atoms with Crippen molar-refractivity contribution >= 4 is 0 Å². The van der Waals surface area contributed by atoms with Crippen LogP contribution in [0.3, 0.4) is 0 Å². The second kappa shape index (κ2) is 7.04. The van der Waals surface area contributed by atoms with Crippen molar-refractivity contribution in [3.8, 4) is 0 Å². The van der Waals surface area contributed by atoms with E-state index in [-0.39, 0.29) is 5.41 Å². The van der Waals surface area contributed by atoms with Gasteiger partial charge in [-0.15, -0.1) is 0 Å². The van der Waals surface area contributed by atoms with Gasteiger partial charge in [0, 0.05) is 38.2 Å². The predicted molar refractivity (Wildman–Crippen MR) is 79.6 cm³/mol. The normalized spacial score (nSPS) is 20.7. The van der Waals surface area contributed by atoms with Crippen molar-refractivity contribution < 1.29 is 4.74 Å². The highest BCUT2D eigenvalue weighted by atomic mass is 16.5. The maximum absolute atomic E-state index is 5.55. The first-order valence-corrected chi connectivity index (χ1v) is 7.25. The smallest absolute Gasteiger partial charge is 0.0593 e. The van der Waals surface area contributed by atoms with Crippen molar-refractivity contribution in [2.24, 2.45) is 0 Å². The highest BCUT2D eigenvalue weighted by Gasteiger charge is 2.28. The van der Waals surface area contributed by atoms with Gasteiger partial charge in [-0.3, -0.25) is 0 Å². The summed E-state index contributed by atoms with van der Waals surface area (Å²) >= 11 is 0. The highest BCUT2D eigenvalue weighted by molar-refractivity contribution is 5.25. The fourth-order valence-corrected chi connectivity index (χ4v) is 2.93. The summed E-state index contributed by atoms with van der Waals surface area (Å²) in [7, 11) is 2.03. The molecule has 1 aromatic carbocycles. The summed E-state index contributed by atoms with van der Waals surface area (Å²) in [5.41, 5.74) is 1.56. The van der Waals surface area contributed by atoms with Gasteiger partial charge in [0.25, 0.3) is 0 Å². The molecule has 3 heteroatoms. The van der Waals surface area contributed by atoms with Gasteiger partial charge in [-0.2, -0.15) is 0 Å². The molecule has 0 spiro atoms. The lowest BCUT2D eigenvalue weighted by atomic mass is 9.81. The van der Waals surface area contributed by atoms with E-state index in [4.69, 9.17) is 4.74 Å². The molecule has 1 aliphatic heterocycles. The third kappa shape index (κ3) is 4.03. The molecule has 1 aliphatic rings. The second-order valence-electron chi connectivity index (χ2n) is 5.70. The van der Waals surface area contributed by atoms with Gasteiger partial charge < -0.3 is 15.0 Å². The van der Waals surface area contributed by atoms with E-state index in [1.165, 1.54) is 5.56 Å². The van der Waals surface area contributed by atoms with Crippen LogP contribution in [0.4, 0.5) is 0 Å². The van der Waals surface area contributed by atoms with Crippen LogP contribution < -0.4 is 5.32 Å². The van der Waals surface area contributed by atoms with E-state index < -0.39 is 0 Å². The van der Waals surface area contributed by atoms with Crippen LogP contribution in [0.2, 0.25) is 0 Å². The Balaban J connectivity index is 2.10. The van der Waals surface area contributed by atoms with Gasteiger partial charge >= 0.3 is 0 Å². The number of rotatable bonds is 5. The third-order valence-electron chi connectivity index (χ3n) is 3.93. The second-order valence-corrected chi connectivity index (χ2v) is 5.70. The number of likely N-dealkylation sites (N-methyl/N-ethyl adjacent to an activating group) is 1. The lowest BCUT2D eigenvalue weighted by molar-refractivity contribution is 0.136. The van der Waals surface area contributed by atoms with Gasteiger partial charge in [0.2, 0.25) is 0 Å². The Labute approximate surface area is 116 Å². The predicted octanol–water partition coefficient (Wildman–Crippen LogP) is 1.89. The molecule has 106 valence electrons. The lowest BCUT2D eigenvalue weighted by Crippen LogP contribution is -2.45. The van der Waals surface area contributed by atoms with Crippen molar-refractivity contribution in [1.29, 1.82) is 0 Å². The van der Waals surface area contributed by atoms with E-state index in [9.17, 15) is 0 Å². The highest BCUT2D eigenvalue weighted by Crippen LogP contribution is 2.24. The largest absolute Gasteiger partial charge is 0.380 e. The molecule has 19 heavy (non-hydrogen) atoms. The van der Waals surface area contributed by atoms with Crippen LogP contribution in [0.1, 0.15) is 18.9 Å². The summed E-state index contributed by atoms with van der Waals surface area (Å²) in [6.45, 7) is 8.40. The fourth-order valence-electron chi connectivity index (χ4n) is 2.93. The van der Waals surface area contributed by atoms with Crippen LogP contribution in [0.15, 0.2) is 30.3 Å². The molecule has 1 N–H and O–H groups in total.